The molecule has 0 spiro atoms. The lowest BCUT2D eigenvalue weighted by Gasteiger charge is -2.10. The van der Waals surface area contributed by atoms with E-state index in [9.17, 15) is 4.79 Å². The van der Waals surface area contributed by atoms with Crippen LogP contribution in [0.25, 0.3) is 11.5 Å². The Morgan fingerprint density at radius 1 is 1.33 bits per heavy atom. The predicted octanol–water partition coefficient (Wildman–Crippen LogP) is 2.03. The first-order chi connectivity index (χ1) is 9.69. The molecule has 1 aromatic carbocycles. The Hall–Kier alpha value is -1.85. The molecule has 1 amide bonds. The third kappa shape index (κ3) is 5.21. The lowest BCUT2D eigenvalue weighted by Crippen LogP contribution is -2.37. The van der Waals surface area contributed by atoms with E-state index in [2.05, 4.69) is 15.6 Å². The van der Waals surface area contributed by atoms with Crippen molar-refractivity contribution in [2.45, 2.75) is 19.4 Å². The summed E-state index contributed by atoms with van der Waals surface area (Å²) < 4.78 is 5.39. The number of hydrogen-bond acceptors (Lipinski definition) is 4. The molecular formula is C15H20ClN3O2. The Morgan fingerprint density at radius 2 is 2.05 bits per heavy atom. The maximum Gasteiger partial charge on any atom is 0.226 e. The summed E-state index contributed by atoms with van der Waals surface area (Å²) in [6.07, 6.45) is 1.76. The Bertz CT molecular complexity index is 557. The van der Waals surface area contributed by atoms with Crippen LogP contribution in [0, 0.1) is 0 Å². The average molecular weight is 310 g/mol. The van der Waals surface area contributed by atoms with Gasteiger partial charge in [0.05, 0.1) is 12.1 Å². The van der Waals surface area contributed by atoms with Gasteiger partial charge in [0.1, 0.15) is 6.26 Å². The molecule has 2 N–H and O–H groups in total. The van der Waals surface area contributed by atoms with E-state index in [1.165, 1.54) is 6.26 Å². The number of benzene rings is 1. The summed E-state index contributed by atoms with van der Waals surface area (Å²) in [5, 5.41) is 5.91. The third-order valence-electron chi connectivity index (χ3n) is 3.01. The second-order valence-corrected chi connectivity index (χ2v) is 4.68. The normalized spacial score (nSPS) is 11.5. The topological polar surface area (TPSA) is 67.2 Å². The van der Waals surface area contributed by atoms with Gasteiger partial charge in [-0.25, -0.2) is 4.98 Å². The highest BCUT2D eigenvalue weighted by molar-refractivity contribution is 5.85. The monoisotopic (exact) mass is 309 g/mol. The van der Waals surface area contributed by atoms with Crippen LogP contribution in [0.5, 0.6) is 0 Å². The van der Waals surface area contributed by atoms with E-state index in [0.29, 0.717) is 18.1 Å². The second-order valence-electron chi connectivity index (χ2n) is 4.68. The molecule has 1 atom stereocenters. The van der Waals surface area contributed by atoms with Crippen molar-refractivity contribution < 1.29 is 9.21 Å². The third-order valence-corrected chi connectivity index (χ3v) is 3.01. The van der Waals surface area contributed by atoms with Gasteiger partial charge < -0.3 is 15.1 Å². The van der Waals surface area contributed by atoms with Crippen molar-refractivity contribution in [2.24, 2.45) is 0 Å². The molecule has 0 bridgehead atoms. The summed E-state index contributed by atoms with van der Waals surface area (Å²) in [6.45, 7) is 2.60. The first kappa shape index (κ1) is 17.2. The fourth-order valence-electron chi connectivity index (χ4n) is 1.70. The number of halogens is 1. The van der Waals surface area contributed by atoms with Crippen molar-refractivity contribution in [3.8, 4) is 11.5 Å². The molecule has 0 saturated heterocycles. The van der Waals surface area contributed by atoms with Crippen molar-refractivity contribution in [2.75, 3.05) is 13.6 Å². The molecular weight excluding hydrogens is 290 g/mol. The van der Waals surface area contributed by atoms with Crippen LogP contribution in [0.2, 0.25) is 0 Å². The summed E-state index contributed by atoms with van der Waals surface area (Å²) >= 11 is 0. The fourth-order valence-corrected chi connectivity index (χ4v) is 1.70. The number of carbonyl (C=O) groups is 1. The van der Waals surface area contributed by atoms with Gasteiger partial charge in [0.2, 0.25) is 11.8 Å². The number of likely N-dealkylation sites (N-methyl/N-ethyl adjacent to an activating group) is 1. The minimum atomic E-state index is -0.0555. The molecule has 0 fully saturated rings. The van der Waals surface area contributed by atoms with Crippen LogP contribution in [0.3, 0.4) is 0 Å². The van der Waals surface area contributed by atoms with Crippen molar-refractivity contribution in [3.05, 3.63) is 42.3 Å². The van der Waals surface area contributed by atoms with E-state index in [1.807, 2.05) is 44.3 Å². The van der Waals surface area contributed by atoms with Gasteiger partial charge in [-0.15, -0.1) is 12.4 Å². The number of aromatic nitrogens is 1. The van der Waals surface area contributed by atoms with Crippen LogP contribution >= 0.6 is 12.4 Å². The minimum absolute atomic E-state index is 0. The molecule has 0 radical (unpaired) electrons. The largest absolute Gasteiger partial charge is 0.444 e. The zero-order valence-corrected chi connectivity index (χ0v) is 12.9. The maximum absolute atomic E-state index is 11.8. The highest BCUT2D eigenvalue weighted by Crippen LogP contribution is 2.17. The van der Waals surface area contributed by atoms with Gasteiger partial charge in [-0.3, -0.25) is 4.79 Å². The summed E-state index contributed by atoms with van der Waals surface area (Å²) in [4.78, 5) is 16.1. The second kappa shape index (κ2) is 8.44. The average Bonchev–Trinajstić information content (AvgIpc) is 2.94. The smallest absolute Gasteiger partial charge is 0.226 e. The highest BCUT2D eigenvalue weighted by Gasteiger charge is 2.10. The van der Waals surface area contributed by atoms with Gasteiger partial charge in [-0.2, -0.15) is 0 Å². The quantitative estimate of drug-likeness (QED) is 0.857. The molecule has 0 aliphatic carbocycles. The number of carbonyl (C=O) groups excluding carboxylic acids is 1. The van der Waals surface area contributed by atoms with Gasteiger partial charge >= 0.3 is 0 Å². The van der Waals surface area contributed by atoms with E-state index < -0.39 is 0 Å². The molecule has 2 rings (SSSR count). The summed E-state index contributed by atoms with van der Waals surface area (Å²) in [5.41, 5.74) is 1.54. The molecule has 6 heteroatoms. The Kier molecular flexibility index (Phi) is 6.91. The molecule has 0 aliphatic heterocycles. The first-order valence-corrected chi connectivity index (χ1v) is 6.63. The van der Waals surface area contributed by atoms with Gasteiger partial charge in [-0.05, 0) is 26.1 Å². The number of hydrogen-bond donors (Lipinski definition) is 2. The summed E-state index contributed by atoms with van der Waals surface area (Å²) in [7, 11) is 1.86. The highest BCUT2D eigenvalue weighted by atomic mass is 35.5. The molecule has 114 valence electrons. The Labute approximate surface area is 130 Å². The fraction of sp³-hybridized carbons (Fsp3) is 0.333. The standard InChI is InChI=1S/C15H19N3O2.ClH/c1-11(16-2)9-17-14(19)8-13-10-20-15(18-13)12-6-4-3-5-7-12;/h3-7,10-11,16H,8-9H2,1-2H3,(H,17,19);1H. The number of nitrogens with zero attached hydrogens (tertiary/aromatic N) is 1. The minimum Gasteiger partial charge on any atom is -0.444 e. The summed E-state index contributed by atoms with van der Waals surface area (Å²) in [6, 6.07) is 9.87. The Balaban J connectivity index is 0.00000220. The maximum atomic E-state index is 11.8. The predicted molar refractivity (Wildman–Crippen MR) is 84.4 cm³/mol. The molecule has 0 aliphatic rings. The van der Waals surface area contributed by atoms with E-state index in [1.54, 1.807) is 0 Å². The molecule has 5 nitrogen and oxygen atoms in total. The molecule has 1 unspecified atom stereocenters. The van der Waals surface area contributed by atoms with Crippen LogP contribution in [0.4, 0.5) is 0 Å². The van der Waals surface area contributed by atoms with E-state index in [0.717, 1.165) is 5.56 Å². The lowest BCUT2D eigenvalue weighted by molar-refractivity contribution is -0.120. The zero-order chi connectivity index (χ0) is 14.4. The lowest BCUT2D eigenvalue weighted by atomic mass is 10.2. The van der Waals surface area contributed by atoms with Crippen LogP contribution in [0.1, 0.15) is 12.6 Å². The van der Waals surface area contributed by atoms with Crippen molar-refractivity contribution >= 4 is 18.3 Å². The van der Waals surface area contributed by atoms with Crippen molar-refractivity contribution in [1.82, 2.24) is 15.6 Å². The van der Waals surface area contributed by atoms with Crippen molar-refractivity contribution in [3.63, 3.8) is 0 Å². The molecule has 2 aromatic rings. The SMILES string of the molecule is CNC(C)CNC(=O)Cc1coc(-c2ccccc2)n1.Cl. The van der Waals surface area contributed by atoms with Gasteiger partial charge in [-0.1, -0.05) is 18.2 Å². The molecule has 1 heterocycles. The van der Waals surface area contributed by atoms with Crippen LogP contribution in [-0.2, 0) is 11.2 Å². The summed E-state index contributed by atoms with van der Waals surface area (Å²) in [5.74, 6) is 0.483. The Morgan fingerprint density at radius 3 is 2.71 bits per heavy atom. The number of nitrogens with one attached hydrogen (secondary N) is 2. The van der Waals surface area contributed by atoms with E-state index >= 15 is 0 Å². The van der Waals surface area contributed by atoms with Crippen LogP contribution in [-0.4, -0.2) is 30.5 Å². The number of rotatable bonds is 6. The zero-order valence-electron chi connectivity index (χ0n) is 12.1. The first-order valence-electron chi connectivity index (χ1n) is 6.63. The van der Waals surface area contributed by atoms with Gasteiger partial charge in [0, 0.05) is 18.2 Å². The van der Waals surface area contributed by atoms with Crippen molar-refractivity contribution in [1.29, 1.82) is 0 Å². The van der Waals surface area contributed by atoms with Crippen LogP contribution < -0.4 is 10.6 Å². The molecule has 0 saturated carbocycles. The van der Waals surface area contributed by atoms with Gasteiger partial charge in [0.25, 0.3) is 0 Å². The van der Waals surface area contributed by atoms with Crippen LogP contribution in [0.15, 0.2) is 41.0 Å². The molecule has 1 aromatic heterocycles. The number of amides is 1. The van der Waals surface area contributed by atoms with E-state index in [-0.39, 0.29) is 30.8 Å². The van der Waals surface area contributed by atoms with Gasteiger partial charge in [0.15, 0.2) is 0 Å². The number of oxazole rings is 1. The molecule has 21 heavy (non-hydrogen) atoms. The van der Waals surface area contributed by atoms with E-state index in [4.69, 9.17) is 4.42 Å².